The van der Waals surface area contributed by atoms with Crippen molar-refractivity contribution in [3.63, 3.8) is 0 Å². The molecule has 2 heterocycles. The molecule has 10 nitrogen and oxygen atoms in total. The second-order valence-corrected chi connectivity index (χ2v) is 10.0. The molecule has 6 N–H and O–H groups in total. The number of fused-ring (bicyclic) bond motifs is 2. The number of carbonyl (C=O) groups excluding carboxylic acids is 4. The number of benzene rings is 2. The quantitative estimate of drug-likeness (QED) is 0.335. The molecule has 0 bridgehead atoms. The lowest BCUT2D eigenvalue weighted by atomic mass is 9.93. The van der Waals surface area contributed by atoms with E-state index in [0.29, 0.717) is 42.5 Å². The van der Waals surface area contributed by atoms with Crippen molar-refractivity contribution in [1.29, 1.82) is 0 Å². The molecule has 0 radical (unpaired) electrons. The molecular weight excluding hydrogens is 486 g/mol. The summed E-state index contributed by atoms with van der Waals surface area (Å²) in [5.74, 6) is -2.14. The van der Waals surface area contributed by atoms with Crippen LogP contribution in [0.3, 0.4) is 0 Å². The minimum atomic E-state index is -1.05. The third-order valence-corrected chi connectivity index (χ3v) is 7.73. The Morgan fingerprint density at radius 3 is 2.39 bits per heavy atom. The van der Waals surface area contributed by atoms with E-state index in [4.69, 9.17) is 16.2 Å². The number of amides is 4. The second kappa shape index (κ2) is 10.2. The molecule has 3 atom stereocenters. The lowest BCUT2D eigenvalue weighted by Crippen LogP contribution is -2.50. The number of carbonyl (C=O) groups is 4. The highest BCUT2D eigenvalue weighted by Crippen LogP contribution is 2.39. The van der Waals surface area contributed by atoms with Crippen molar-refractivity contribution in [2.45, 2.75) is 37.8 Å². The molecule has 3 aromatic rings. The molecule has 4 amide bonds. The summed E-state index contributed by atoms with van der Waals surface area (Å²) >= 11 is 0. The Hall–Kier alpha value is -4.34. The van der Waals surface area contributed by atoms with Gasteiger partial charge >= 0.3 is 0 Å². The molecule has 1 aliphatic heterocycles. The third kappa shape index (κ3) is 4.57. The molecule has 198 valence electrons. The maximum absolute atomic E-state index is 14.1. The summed E-state index contributed by atoms with van der Waals surface area (Å²) in [4.78, 5) is 51.3. The van der Waals surface area contributed by atoms with Crippen molar-refractivity contribution in [3.05, 3.63) is 65.4 Å². The fourth-order valence-corrected chi connectivity index (χ4v) is 5.91. The van der Waals surface area contributed by atoms with Crippen molar-refractivity contribution in [1.82, 2.24) is 15.2 Å². The van der Waals surface area contributed by atoms with Gasteiger partial charge in [-0.05, 0) is 60.9 Å². The summed E-state index contributed by atoms with van der Waals surface area (Å²) in [6.45, 7) is 0.519. The van der Waals surface area contributed by atoms with Crippen molar-refractivity contribution in [2.24, 2.45) is 23.3 Å². The monoisotopic (exact) mass is 517 g/mol. The Bertz CT molecular complexity index is 1410. The minimum Gasteiger partial charge on any atom is -0.496 e. The Morgan fingerprint density at radius 1 is 1.11 bits per heavy atom. The van der Waals surface area contributed by atoms with Crippen LogP contribution >= 0.6 is 0 Å². The Labute approximate surface area is 219 Å². The average molecular weight is 518 g/mol. The third-order valence-electron chi connectivity index (χ3n) is 7.73. The van der Waals surface area contributed by atoms with Crippen LogP contribution in [-0.4, -0.2) is 47.9 Å². The summed E-state index contributed by atoms with van der Waals surface area (Å²) in [6.07, 6.45) is 1.87. The maximum Gasteiger partial charge on any atom is 0.265 e. The minimum absolute atomic E-state index is 0.105. The van der Waals surface area contributed by atoms with Crippen molar-refractivity contribution in [3.8, 4) is 5.75 Å². The summed E-state index contributed by atoms with van der Waals surface area (Å²) in [5, 5.41) is 6.21. The molecule has 2 aromatic carbocycles. The van der Waals surface area contributed by atoms with E-state index in [9.17, 15) is 19.2 Å². The highest BCUT2D eigenvalue weighted by atomic mass is 16.5. The molecule has 1 saturated heterocycles. The Balaban J connectivity index is 1.58. The van der Waals surface area contributed by atoms with Gasteiger partial charge in [-0.25, -0.2) is 0 Å². The van der Waals surface area contributed by atoms with Gasteiger partial charge in [0.15, 0.2) is 0 Å². The fraction of sp³-hybridized carbons (Fsp3) is 0.357. The van der Waals surface area contributed by atoms with Crippen molar-refractivity contribution in [2.75, 3.05) is 13.7 Å². The number of primary amides is 2. The first-order valence-electron chi connectivity index (χ1n) is 12.7. The SMILES string of the molecule is COc1cccc2c1cc(C(N)=O)n2[C@H](C(=O)N[C@@H](C[C@@H]1CCNC1=O)C(N)=O)C1Cc2ccccc2C1. The zero-order chi connectivity index (χ0) is 27.0. The zero-order valence-electron chi connectivity index (χ0n) is 21.1. The second-order valence-electron chi connectivity index (χ2n) is 10.0. The molecule has 1 aromatic heterocycles. The van der Waals surface area contributed by atoms with Crippen LogP contribution in [0.2, 0.25) is 0 Å². The highest BCUT2D eigenvalue weighted by molar-refractivity contribution is 6.01. The van der Waals surface area contributed by atoms with Gasteiger partial charge in [0.25, 0.3) is 5.91 Å². The molecule has 0 spiro atoms. The summed E-state index contributed by atoms with van der Waals surface area (Å²) < 4.78 is 7.17. The number of aromatic nitrogens is 1. The maximum atomic E-state index is 14.1. The number of nitrogens with two attached hydrogens (primary N) is 2. The number of hydrogen-bond acceptors (Lipinski definition) is 5. The molecule has 0 unspecified atom stereocenters. The standard InChI is InChI=1S/C28H31N5O5/c1-38-23-8-4-7-21-19(23)14-22(26(30)35)33(21)24(18-11-15-5-2-3-6-16(15)12-18)28(37)32-20(25(29)34)13-17-9-10-31-27(17)36/h2-8,14,17-18,20,24H,9-13H2,1H3,(H2,29,34)(H2,30,35)(H,31,36)(H,32,37)/t17-,20-,24-/m0/s1. The van der Waals surface area contributed by atoms with E-state index in [-0.39, 0.29) is 23.9 Å². The van der Waals surface area contributed by atoms with Crippen molar-refractivity contribution >= 4 is 34.5 Å². The van der Waals surface area contributed by atoms with Crippen LogP contribution < -0.4 is 26.8 Å². The number of methoxy groups -OCH3 is 1. The van der Waals surface area contributed by atoms with Gasteiger partial charge in [0.1, 0.15) is 23.5 Å². The van der Waals surface area contributed by atoms with E-state index in [1.54, 1.807) is 28.8 Å². The highest BCUT2D eigenvalue weighted by Gasteiger charge is 2.39. The van der Waals surface area contributed by atoms with Crippen molar-refractivity contribution < 1.29 is 23.9 Å². The Kier molecular flexibility index (Phi) is 6.79. The number of nitrogens with zero attached hydrogens (tertiary/aromatic N) is 1. The largest absolute Gasteiger partial charge is 0.496 e. The van der Waals surface area contributed by atoms with E-state index in [0.717, 1.165) is 11.1 Å². The number of nitrogens with one attached hydrogen (secondary N) is 2. The predicted octanol–water partition coefficient (Wildman–Crippen LogP) is 1.20. The summed E-state index contributed by atoms with van der Waals surface area (Å²) in [7, 11) is 1.53. The fourth-order valence-electron chi connectivity index (χ4n) is 5.91. The summed E-state index contributed by atoms with van der Waals surface area (Å²) in [5.41, 5.74) is 14.5. The van der Waals surface area contributed by atoms with E-state index in [1.165, 1.54) is 7.11 Å². The smallest absolute Gasteiger partial charge is 0.265 e. The normalized spacial score (nSPS) is 18.6. The first-order valence-corrected chi connectivity index (χ1v) is 12.7. The predicted molar refractivity (Wildman–Crippen MR) is 140 cm³/mol. The van der Waals surface area contributed by atoms with Crippen LogP contribution in [0.15, 0.2) is 48.5 Å². The van der Waals surface area contributed by atoms with Gasteiger partial charge in [-0.1, -0.05) is 30.3 Å². The van der Waals surface area contributed by atoms with E-state index in [2.05, 4.69) is 10.6 Å². The molecule has 5 rings (SSSR count). The first-order chi connectivity index (χ1) is 18.3. The summed E-state index contributed by atoms with van der Waals surface area (Å²) in [6, 6.07) is 13.0. The lowest BCUT2D eigenvalue weighted by molar-refractivity contribution is -0.131. The molecule has 1 fully saturated rings. The van der Waals surface area contributed by atoms with Crippen LogP contribution in [0, 0.1) is 11.8 Å². The molecule has 2 aliphatic rings. The van der Waals surface area contributed by atoms with Crippen LogP contribution in [-0.2, 0) is 27.2 Å². The number of hydrogen-bond donors (Lipinski definition) is 4. The van der Waals surface area contributed by atoms with Crippen LogP contribution in [0.1, 0.15) is 40.5 Å². The lowest BCUT2D eigenvalue weighted by Gasteiger charge is -2.29. The van der Waals surface area contributed by atoms with E-state index >= 15 is 0 Å². The Morgan fingerprint density at radius 2 is 1.82 bits per heavy atom. The molecule has 38 heavy (non-hydrogen) atoms. The van der Waals surface area contributed by atoms with Gasteiger partial charge in [0, 0.05) is 17.8 Å². The van der Waals surface area contributed by atoms with Gasteiger partial charge in [0.05, 0.1) is 12.6 Å². The van der Waals surface area contributed by atoms with Gasteiger partial charge in [-0.2, -0.15) is 0 Å². The van der Waals surface area contributed by atoms with Gasteiger partial charge < -0.3 is 31.4 Å². The first kappa shape index (κ1) is 25.3. The van der Waals surface area contributed by atoms with Crippen LogP contribution in [0.4, 0.5) is 0 Å². The zero-order valence-corrected chi connectivity index (χ0v) is 21.1. The van der Waals surface area contributed by atoms with E-state index < -0.39 is 35.7 Å². The molecular formula is C28H31N5O5. The molecule has 1 aliphatic carbocycles. The van der Waals surface area contributed by atoms with Crippen LogP contribution in [0.5, 0.6) is 5.75 Å². The topological polar surface area (TPSA) is 159 Å². The van der Waals surface area contributed by atoms with Gasteiger partial charge in [-0.3, -0.25) is 19.2 Å². The average Bonchev–Trinajstić information content (AvgIpc) is 3.60. The number of rotatable bonds is 9. The molecule has 10 heteroatoms. The van der Waals surface area contributed by atoms with Crippen LogP contribution in [0.25, 0.3) is 10.9 Å². The van der Waals surface area contributed by atoms with Gasteiger partial charge in [-0.15, -0.1) is 0 Å². The molecule has 0 saturated carbocycles. The number of ether oxygens (including phenoxy) is 1. The van der Waals surface area contributed by atoms with Gasteiger partial charge in [0.2, 0.25) is 17.7 Å². The van der Waals surface area contributed by atoms with E-state index in [1.807, 2.05) is 24.3 Å².